The fourth-order valence-electron chi connectivity index (χ4n) is 4.44. The molecule has 2 aromatic carbocycles. The average Bonchev–Trinajstić information content (AvgIpc) is 3.06. The lowest BCUT2D eigenvalue weighted by Gasteiger charge is -2.29. The minimum atomic E-state index is 0.0873. The van der Waals surface area contributed by atoms with Crippen LogP contribution in [0.2, 0.25) is 0 Å². The van der Waals surface area contributed by atoms with Crippen molar-refractivity contribution >= 4 is 6.08 Å². The molecule has 2 aromatic rings. The molecule has 0 atom stereocenters. The molecule has 0 amide bonds. The second-order valence-electron chi connectivity index (χ2n) is 12.5. The van der Waals surface area contributed by atoms with Crippen LogP contribution in [0.1, 0.15) is 116 Å². The van der Waals surface area contributed by atoms with Crippen LogP contribution in [-0.4, -0.2) is 0 Å². The van der Waals surface area contributed by atoms with Gasteiger partial charge >= 0.3 is 0 Å². The number of hydrogen-bond acceptors (Lipinski definition) is 0. The predicted octanol–water partition coefficient (Wildman–Crippen LogP) is 9.39. The summed E-state index contributed by atoms with van der Waals surface area (Å²) in [6.45, 7) is 23.3. The summed E-state index contributed by atoms with van der Waals surface area (Å²) in [5.41, 5.74) is 11.7. The van der Waals surface area contributed by atoms with E-state index in [4.69, 9.17) is 0 Å². The molecule has 0 N–H and O–H groups in total. The minimum Gasteiger partial charge on any atom is -0.0654 e. The molecule has 0 bridgehead atoms. The minimum absolute atomic E-state index is 0.0873. The van der Waals surface area contributed by atoms with Crippen LogP contribution in [0.15, 0.2) is 35.9 Å². The van der Waals surface area contributed by atoms with E-state index in [-0.39, 0.29) is 16.2 Å². The van der Waals surface area contributed by atoms with E-state index in [2.05, 4.69) is 112 Å². The van der Waals surface area contributed by atoms with Gasteiger partial charge < -0.3 is 0 Å². The Bertz CT molecular complexity index is 946. The molecule has 3 rings (SSSR count). The number of fused-ring (bicyclic) bond motifs is 1. The maximum atomic E-state index is 2.47. The van der Waals surface area contributed by atoms with E-state index < -0.39 is 0 Å². The quantitative estimate of drug-likeness (QED) is 0.466. The highest BCUT2D eigenvalue weighted by Crippen LogP contribution is 2.44. The molecule has 0 saturated carbocycles. The van der Waals surface area contributed by atoms with E-state index >= 15 is 0 Å². The molecule has 0 heterocycles. The third-order valence-corrected chi connectivity index (χ3v) is 6.53. The first-order chi connectivity index (χ1) is 14.2. The van der Waals surface area contributed by atoms with Crippen LogP contribution in [0.5, 0.6) is 0 Å². The molecule has 0 nitrogen and oxygen atoms in total. The standard InChI is InChI=1S/C31H43/c1-11-12-13-21-16-22-14-15-27(31(8,9)10)28(26(22)17-21)23-18-24(29(2,3)4)20-25(19-23)30(5,6)7/h14-20H,11-13H2,1-10H3. The molecule has 1 aliphatic carbocycles. The van der Waals surface area contributed by atoms with Crippen LogP contribution in [0.3, 0.4) is 0 Å². The normalized spacial score (nSPS) is 14.6. The lowest BCUT2D eigenvalue weighted by Crippen LogP contribution is -2.18. The summed E-state index contributed by atoms with van der Waals surface area (Å²) in [6, 6.07) is 12.1. The van der Waals surface area contributed by atoms with Crippen LogP contribution < -0.4 is 0 Å². The van der Waals surface area contributed by atoms with E-state index in [1.807, 2.05) is 0 Å². The summed E-state index contributed by atoms with van der Waals surface area (Å²) in [5, 5.41) is 0. The predicted molar refractivity (Wildman–Crippen MR) is 139 cm³/mol. The van der Waals surface area contributed by atoms with Gasteiger partial charge in [0.15, 0.2) is 0 Å². The second-order valence-corrected chi connectivity index (χ2v) is 12.5. The van der Waals surface area contributed by atoms with Crippen LogP contribution in [0, 0.1) is 6.42 Å². The highest BCUT2D eigenvalue weighted by Gasteiger charge is 2.28. The number of hydrogen-bond donors (Lipinski definition) is 0. The van der Waals surface area contributed by atoms with Crippen molar-refractivity contribution in [3.8, 4) is 11.1 Å². The summed E-state index contributed by atoms with van der Waals surface area (Å²) >= 11 is 0. The number of unbranched alkanes of at least 4 members (excludes halogenated alkanes) is 1. The van der Waals surface area contributed by atoms with Crippen LogP contribution in [0.4, 0.5) is 0 Å². The van der Waals surface area contributed by atoms with Crippen LogP contribution >= 0.6 is 0 Å². The summed E-state index contributed by atoms with van der Waals surface area (Å²) in [7, 11) is 0. The van der Waals surface area contributed by atoms with Gasteiger partial charge in [-0.15, -0.1) is 0 Å². The first kappa shape index (κ1) is 23.8. The Kier molecular flexibility index (Phi) is 6.36. The highest BCUT2D eigenvalue weighted by molar-refractivity contribution is 5.86. The fraction of sp³-hybridized carbons (Fsp3) is 0.516. The summed E-state index contributed by atoms with van der Waals surface area (Å²) in [6.07, 6.45) is 8.55. The Hall–Kier alpha value is -1.82. The average molecular weight is 416 g/mol. The van der Waals surface area contributed by atoms with Gasteiger partial charge in [-0.25, -0.2) is 0 Å². The topological polar surface area (TPSA) is 0 Å². The van der Waals surface area contributed by atoms with Crippen molar-refractivity contribution in [3.63, 3.8) is 0 Å². The second kappa shape index (κ2) is 8.27. The van der Waals surface area contributed by atoms with Gasteiger partial charge in [-0.05, 0) is 68.0 Å². The molecule has 1 aliphatic rings. The van der Waals surface area contributed by atoms with Gasteiger partial charge in [-0.3, -0.25) is 0 Å². The van der Waals surface area contributed by atoms with Crippen LogP contribution in [-0.2, 0) is 16.2 Å². The molecule has 0 heteroatoms. The van der Waals surface area contributed by atoms with Gasteiger partial charge in [-0.2, -0.15) is 0 Å². The van der Waals surface area contributed by atoms with Gasteiger partial charge in [0.05, 0.1) is 0 Å². The molecular formula is C31H43. The molecular weight excluding hydrogens is 372 g/mol. The van der Waals surface area contributed by atoms with Gasteiger partial charge in [0.2, 0.25) is 0 Å². The zero-order valence-electron chi connectivity index (χ0n) is 21.7. The summed E-state index contributed by atoms with van der Waals surface area (Å²) in [4.78, 5) is 0. The molecule has 0 fully saturated rings. The molecule has 0 aliphatic heterocycles. The Morgan fingerprint density at radius 2 is 1.29 bits per heavy atom. The molecule has 0 spiro atoms. The van der Waals surface area contributed by atoms with Gasteiger partial charge in [-0.1, -0.05) is 118 Å². The van der Waals surface area contributed by atoms with Gasteiger partial charge in [0.1, 0.15) is 0 Å². The van der Waals surface area contributed by atoms with E-state index in [0.717, 1.165) is 0 Å². The van der Waals surface area contributed by atoms with E-state index in [1.165, 1.54) is 63.8 Å². The Labute approximate surface area is 192 Å². The lowest BCUT2D eigenvalue weighted by atomic mass is 9.75. The Morgan fingerprint density at radius 1 is 0.710 bits per heavy atom. The van der Waals surface area contributed by atoms with Gasteiger partial charge in [0.25, 0.3) is 0 Å². The zero-order chi connectivity index (χ0) is 23.2. The van der Waals surface area contributed by atoms with Crippen molar-refractivity contribution < 1.29 is 0 Å². The van der Waals surface area contributed by atoms with E-state index in [0.29, 0.717) is 0 Å². The van der Waals surface area contributed by atoms with Crippen molar-refractivity contribution in [2.24, 2.45) is 0 Å². The number of rotatable bonds is 4. The smallest absolute Gasteiger partial charge is 0.0164 e. The Morgan fingerprint density at radius 3 is 1.77 bits per heavy atom. The molecule has 167 valence electrons. The van der Waals surface area contributed by atoms with Crippen molar-refractivity contribution in [2.45, 2.75) is 105 Å². The van der Waals surface area contributed by atoms with Crippen molar-refractivity contribution in [3.05, 3.63) is 70.1 Å². The molecule has 0 unspecified atom stereocenters. The van der Waals surface area contributed by atoms with E-state index in [1.54, 1.807) is 0 Å². The van der Waals surface area contributed by atoms with E-state index in [9.17, 15) is 0 Å². The molecule has 0 saturated heterocycles. The maximum Gasteiger partial charge on any atom is 0.0164 e. The lowest BCUT2D eigenvalue weighted by molar-refractivity contribution is 0.568. The third-order valence-electron chi connectivity index (χ3n) is 6.53. The largest absolute Gasteiger partial charge is 0.0654 e. The Balaban J connectivity index is 2.32. The monoisotopic (exact) mass is 415 g/mol. The number of allylic oxidation sites excluding steroid dienone is 1. The fourth-order valence-corrected chi connectivity index (χ4v) is 4.44. The molecule has 1 radical (unpaired) electrons. The van der Waals surface area contributed by atoms with Crippen molar-refractivity contribution in [1.82, 2.24) is 0 Å². The summed E-state index contributed by atoms with van der Waals surface area (Å²) < 4.78 is 0. The summed E-state index contributed by atoms with van der Waals surface area (Å²) in [5.74, 6) is 0. The number of benzene rings is 2. The third kappa shape index (κ3) is 5.16. The first-order valence-corrected chi connectivity index (χ1v) is 12.1. The van der Waals surface area contributed by atoms with Crippen molar-refractivity contribution in [2.75, 3.05) is 0 Å². The first-order valence-electron chi connectivity index (χ1n) is 12.1. The maximum absolute atomic E-state index is 2.47. The van der Waals surface area contributed by atoms with Gasteiger partial charge in [0, 0.05) is 6.42 Å². The van der Waals surface area contributed by atoms with Crippen molar-refractivity contribution in [1.29, 1.82) is 0 Å². The van der Waals surface area contributed by atoms with Crippen LogP contribution in [0.25, 0.3) is 17.2 Å². The molecule has 31 heavy (non-hydrogen) atoms. The zero-order valence-corrected chi connectivity index (χ0v) is 21.7. The molecule has 0 aromatic heterocycles. The highest BCUT2D eigenvalue weighted by atomic mass is 14.3. The SMILES string of the molecule is CCCCC1=Cc2c(ccc(C(C)(C)C)c2-c2cc(C(C)(C)C)cc(C(C)(C)C)c2)[CH]1.